The number of hydrogen-bond acceptors (Lipinski definition) is 5. The minimum Gasteiger partial charge on any atom is -0.317 e. The SMILES string of the molecule is CN(C)C1CCNCC1.CN1CCN(C2CCNCC2)CC1. The molecular weight excluding hydrogens is 274 g/mol. The fourth-order valence-electron chi connectivity index (χ4n) is 3.68. The van der Waals surface area contributed by atoms with Crippen LogP contribution in [0.15, 0.2) is 0 Å². The highest BCUT2D eigenvalue weighted by atomic mass is 15.3. The molecule has 3 fully saturated rings. The zero-order valence-corrected chi connectivity index (χ0v) is 15.0. The maximum Gasteiger partial charge on any atom is 0.0120 e. The number of hydrogen-bond donors (Lipinski definition) is 2. The molecule has 3 aliphatic heterocycles. The van der Waals surface area contributed by atoms with Crippen LogP contribution in [0.5, 0.6) is 0 Å². The highest BCUT2D eigenvalue weighted by molar-refractivity contribution is 4.81. The average Bonchev–Trinajstić information content (AvgIpc) is 2.58. The summed E-state index contributed by atoms with van der Waals surface area (Å²) in [5.74, 6) is 0. The average molecular weight is 312 g/mol. The van der Waals surface area contributed by atoms with Gasteiger partial charge in [-0.05, 0) is 73.0 Å². The van der Waals surface area contributed by atoms with Gasteiger partial charge in [0.05, 0.1) is 0 Å². The van der Waals surface area contributed by atoms with E-state index >= 15 is 0 Å². The topological polar surface area (TPSA) is 33.8 Å². The van der Waals surface area contributed by atoms with E-state index in [0.717, 1.165) is 12.1 Å². The van der Waals surface area contributed by atoms with E-state index in [9.17, 15) is 0 Å². The molecule has 0 aromatic heterocycles. The van der Waals surface area contributed by atoms with Crippen LogP contribution in [-0.4, -0.2) is 100 Å². The Hall–Kier alpha value is -0.200. The normalized spacial score (nSPS) is 26.7. The molecule has 0 amide bonds. The fraction of sp³-hybridized carbons (Fsp3) is 1.00. The van der Waals surface area contributed by atoms with Crippen molar-refractivity contribution < 1.29 is 0 Å². The molecule has 22 heavy (non-hydrogen) atoms. The van der Waals surface area contributed by atoms with E-state index in [1.807, 2.05) is 0 Å². The van der Waals surface area contributed by atoms with Crippen LogP contribution in [0.2, 0.25) is 0 Å². The van der Waals surface area contributed by atoms with E-state index in [4.69, 9.17) is 0 Å². The van der Waals surface area contributed by atoms with Crippen LogP contribution in [0.3, 0.4) is 0 Å². The largest absolute Gasteiger partial charge is 0.317 e. The quantitative estimate of drug-likeness (QED) is 0.766. The summed E-state index contributed by atoms with van der Waals surface area (Å²) < 4.78 is 0. The molecule has 3 rings (SSSR count). The van der Waals surface area contributed by atoms with Crippen molar-refractivity contribution in [2.24, 2.45) is 0 Å². The molecule has 0 aromatic carbocycles. The van der Waals surface area contributed by atoms with Gasteiger partial charge in [0.1, 0.15) is 0 Å². The third kappa shape index (κ3) is 6.13. The minimum absolute atomic E-state index is 0.825. The lowest BCUT2D eigenvalue weighted by Gasteiger charge is -2.39. The summed E-state index contributed by atoms with van der Waals surface area (Å²) in [5, 5.41) is 6.77. The first-order chi connectivity index (χ1) is 10.7. The van der Waals surface area contributed by atoms with Gasteiger partial charge in [0, 0.05) is 38.3 Å². The van der Waals surface area contributed by atoms with Crippen molar-refractivity contribution in [3.8, 4) is 0 Å². The van der Waals surface area contributed by atoms with Crippen molar-refractivity contribution in [3.05, 3.63) is 0 Å². The fourth-order valence-corrected chi connectivity index (χ4v) is 3.68. The van der Waals surface area contributed by atoms with Crippen LogP contribution in [0.4, 0.5) is 0 Å². The van der Waals surface area contributed by atoms with E-state index in [0.29, 0.717) is 0 Å². The van der Waals surface area contributed by atoms with Gasteiger partial charge in [0.25, 0.3) is 0 Å². The molecule has 0 spiro atoms. The van der Waals surface area contributed by atoms with Gasteiger partial charge in [-0.2, -0.15) is 0 Å². The highest BCUT2D eigenvalue weighted by Crippen LogP contribution is 2.13. The van der Waals surface area contributed by atoms with Gasteiger partial charge in [0.15, 0.2) is 0 Å². The molecule has 0 unspecified atom stereocenters. The second kappa shape index (κ2) is 9.83. The van der Waals surface area contributed by atoms with Crippen LogP contribution >= 0.6 is 0 Å². The Morgan fingerprint density at radius 2 is 1.27 bits per heavy atom. The van der Waals surface area contributed by atoms with E-state index in [-0.39, 0.29) is 0 Å². The lowest BCUT2D eigenvalue weighted by atomic mass is 10.0. The van der Waals surface area contributed by atoms with E-state index in [1.54, 1.807) is 0 Å². The van der Waals surface area contributed by atoms with Crippen LogP contribution in [-0.2, 0) is 0 Å². The zero-order valence-electron chi connectivity index (χ0n) is 15.0. The number of rotatable bonds is 2. The van der Waals surface area contributed by atoms with Gasteiger partial charge in [-0.3, -0.25) is 4.90 Å². The molecule has 130 valence electrons. The molecule has 0 bridgehead atoms. The first kappa shape index (κ1) is 18.1. The van der Waals surface area contributed by atoms with E-state index < -0.39 is 0 Å². The van der Waals surface area contributed by atoms with Crippen LogP contribution in [0.1, 0.15) is 25.7 Å². The van der Waals surface area contributed by atoms with Crippen molar-refractivity contribution in [1.29, 1.82) is 0 Å². The van der Waals surface area contributed by atoms with Gasteiger partial charge in [-0.15, -0.1) is 0 Å². The molecule has 5 nitrogen and oxygen atoms in total. The summed E-state index contributed by atoms with van der Waals surface area (Å²) in [5.41, 5.74) is 0. The van der Waals surface area contributed by atoms with Crippen LogP contribution in [0, 0.1) is 0 Å². The first-order valence-corrected chi connectivity index (χ1v) is 9.17. The maximum atomic E-state index is 3.43. The molecular formula is C17H37N5. The van der Waals surface area contributed by atoms with Crippen LogP contribution in [0.25, 0.3) is 0 Å². The minimum atomic E-state index is 0.825. The second-order valence-corrected chi connectivity index (χ2v) is 7.27. The molecule has 0 radical (unpaired) electrons. The number of piperazine rings is 1. The smallest absolute Gasteiger partial charge is 0.0120 e. The van der Waals surface area contributed by atoms with E-state index in [1.165, 1.54) is 78.0 Å². The summed E-state index contributed by atoms with van der Waals surface area (Å²) in [6, 6.07) is 1.70. The van der Waals surface area contributed by atoms with E-state index in [2.05, 4.69) is 46.5 Å². The predicted octanol–water partition coefficient (Wildman–Crippen LogP) is 0.286. The molecule has 3 aliphatic rings. The number of piperidine rings is 2. The van der Waals surface area contributed by atoms with Crippen molar-refractivity contribution in [1.82, 2.24) is 25.3 Å². The Kier molecular flexibility index (Phi) is 8.11. The van der Waals surface area contributed by atoms with Gasteiger partial charge < -0.3 is 20.4 Å². The second-order valence-electron chi connectivity index (χ2n) is 7.27. The third-order valence-electron chi connectivity index (χ3n) is 5.40. The monoisotopic (exact) mass is 311 g/mol. The third-order valence-corrected chi connectivity index (χ3v) is 5.40. The van der Waals surface area contributed by atoms with Gasteiger partial charge >= 0.3 is 0 Å². The van der Waals surface area contributed by atoms with Crippen molar-refractivity contribution in [2.45, 2.75) is 37.8 Å². The lowest BCUT2D eigenvalue weighted by Crippen LogP contribution is -2.51. The summed E-state index contributed by atoms with van der Waals surface area (Å²) in [6.07, 6.45) is 5.33. The van der Waals surface area contributed by atoms with Gasteiger partial charge in [-0.1, -0.05) is 0 Å². The zero-order chi connectivity index (χ0) is 15.8. The van der Waals surface area contributed by atoms with Crippen molar-refractivity contribution in [3.63, 3.8) is 0 Å². The molecule has 0 aliphatic carbocycles. The molecule has 0 aromatic rings. The molecule has 5 heteroatoms. The molecule has 3 saturated heterocycles. The Morgan fingerprint density at radius 1 is 0.773 bits per heavy atom. The molecule has 2 N–H and O–H groups in total. The molecule has 0 atom stereocenters. The van der Waals surface area contributed by atoms with Gasteiger partial charge in [0.2, 0.25) is 0 Å². The summed E-state index contributed by atoms with van der Waals surface area (Å²) in [7, 11) is 6.55. The van der Waals surface area contributed by atoms with Crippen LogP contribution < -0.4 is 10.6 Å². The number of nitrogens with zero attached hydrogens (tertiary/aromatic N) is 3. The number of likely N-dealkylation sites (N-methyl/N-ethyl adjacent to an activating group) is 1. The standard InChI is InChI=1S/C10H21N3.C7H16N2/c1-12-6-8-13(9-7-12)10-2-4-11-5-3-10;1-9(2)7-3-5-8-6-4-7/h10-11H,2-9H2,1H3;7-8H,3-6H2,1-2H3. The summed E-state index contributed by atoms with van der Waals surface area (Å²) in [6.45, 7) is 9.90. The number of nitrogens with one attached hydrogen (secondary N) is 2. The summed E-state index contributed by atoms with van der Waals surface area (Å²) >= 11 is 0. The Bertz CT molecular complexity index is 277. The van der Waals surface area contributed by atoms with Crippen molar-refractivity contribution in [2.75, 3.05) is 73.5 Å². The Balaban J connectivity index is 0.000000172. The maximum absolute atomic E-state index is 3.43. The molecule has 3 heterocycles. The van der Waals surface area contributed by atoms with Gasteiger partial charge in [-0.25, -0.2) is 0 Å². The highest BCUT2D eigenvalue weighted by Gasteiger charge is 2.23. The molecule has 0 saturated carbocycles. The predicted molar refractivity (Wildman–Crippen MR) is 94.5 cm³/mol. The Morgan fingerprint density at radius 3 is 1.73 bits per heavy atom. The lowest BCUT2D eigenvalue weighted by molar-refractivity contribution is 0.0948. The Labute approximate surface area is 137 Å². The van der Waals surface area contributed by atoms with Crippen molar-refractivity contribution >= 4 is 0 Å². The first-order valence-electron chi connectivity index (χ1n) is 9.17. The summed E-state index contributed by atoms with van der Waals surface area (Å²) in [4.78, 5) is 7.43.